The zero-order chi connectivity index (χ0) is 7.56. The van der Waals surface area contributed by atoms with Crippen molar-refractivity contribution in [3.8, 4) is 0 Å². The van der Waals surface area contributed by atoms with Crippen molar-refractivity contribution in [2.45, 2.75) is 0 Å². The minimum absolute atomic E-state index is 0.275. The summed E-state index contributed by atoms with van der Waals surface area (Å²) in [5, 5.41) is 3.72. The molecule has 1 aromatic heterocycles. The fourth-order valence-electron chi connectivity index (χ4n) is 0.676. The summed E-state index contributed by atoms with van der Waals surface area (Å²) < 4.78 is 1.36. The molecule has 0 atom stereocenters. The highest BCUT2D eigenvalue weighted by Crippen LogP contribution is 1.94. The summed E-state index contributed by atoms with van der Waals surface area (Å²) >= 11 is 0. The highest BCUT2D eigenvalue weighted by atomic mass is 16.2. The lowest BCUT2D eigenvalue weighted by molar-refractivity contribution is -0.104. The van der Waals surface area contributed by atoms with Gasteiger partial charge in [-0.15, -0.1) is 0 Å². The number of carbonyl (C=O) groups is 2. The van der Waals surface area contributed by atoms with E-state index in [-0.39, 0.29) is 6.29 Å². The van der Waals surface area contributed by atoms with E-state index in [0.717, 1.165) is 0 Å². The molecular formula is C6H6N2O2. The molecule has 0 aliphatic heterocycles. The number of aromatic nitrogens is 2. The van der Waals surface area contributed by atoms with Crippen LogP contribution in [0.25, 0.3) is 0 Å². The van der Waals surface area contributed by atoms with Gasteiger partial charge in [0, 0.05) is 13.2 Å². The smallest absolute Gasteiger partial charge is 0.243 e. The van der Waals surface area contributed by atoms with Gasteiger partial charge in [0.1, 0.15) is 5.69 Å². The third-order valence-corrected chi connectivity index (χ3v) is 1.18. The van der Waals surface area contributed by atoms with Crippen LogP contribution in [0.3, 0.4) is 0 Å². The number of rotatable bonds is 2. The van der Waals surface area contributed by atoms with Gasteiger partial charge in [-0.05, 0) is 6.07 Å². The van der Waals surface area contributed by atoms with Gasteiger partial charge in [-0.25, -0.2) is 0 Å². The van der Waals surface area contributed by atoms with Crippen molar-refractivity contribution < 1.29 is 9.59 Å². The molecular weight excluding hydrogens is 132 g/mol. The molecule has 0 aliphatic carbocycles. The fourth-order valence-corrected chi connectivity index (χ4v) is 0.676. The predicted molar refractivity (Wildman–Crippen MR) is 33.6 cm³/mol. The highest BCUT2D eigenvalue weighted by Gasteiger charge is 2.06. The van der Waals surface area contributed by atoms with Gasteiger partial charge in [0.05, 0.1) is 0 Å². The van der Waals surface area contributed by atoms with Gasteiger partial charge in [0.2, 0.25) is 5.78 Å². The van der Waals surface area contributed by atoms with Crippen LogP contribution in [-0.4, -0.2) is 21.8 Å². The summed E-state index contributed by atoms with van der Waals surface area (Å²) in [7, 11) is 1.61. The normalized spacial score (nSPS) is 9.30. The van der Waals surface area contributed by atoms with Crippen LogP contribution in [0.2, 0.25) is 0 Å². The summed E-state index contributed by atoms with van der Waals surface area (Å²) in [5.41, 5.74) is 0.315. The van der Waals surface area contributed by atoms with E-state index in [2.05, 4.69) is 5.10 Å². The van der Waals surface area contributed by atoms with Gasteiger partial charge in [0.25, 0.3) is 0 Å². The molecule has 0 unspecified atom stereocenters. The van der Waals surface area contributed by atoms with Crippen molar-refractivity contribution in [1.82, 2.24) is 9.78 Å². The average Bonchev–Trinajstić information content (AvgIpc) is 2.34. The molecule has 1 rings (SSSR count). The number of Topliss-reactive ketones (excluding diaryl/α,β-unsaturated/α-hetero) is 1. The van der Waals surface area contributed by atoms with Gasteiger partial charge in [0.15, 0.2) is 6.29 Å². The van der Waals surface area contributed by atoms with Gasteiger partial charge >= 0.3 is 0 Å². The quantitative estimate of drug-likeness (QED) is 0.323. The van der Waals surface area contributed by atoms with Gasteiger partial charge in [-0.2, -0.15) is 5.10 Å². The van der Waals surface area contributed by atoms with E-state index in [1.807, 2.05) is 0 Å². The Kier molecular flexibility index (Phi) is 1.62. The Bertz CT molecular complexity index is 264. The molecule has 0 radical (unpaired) electrons. The molecule has 0 amide bonds. The second-order valence-corrected chi connectivity index (χ2v) is 1.82. The first kappa shape index (κ1) is 6.67. The van der Waals surface area contributed by atoms with Gasteiger partial charge < -0.3 is 0 Å². The molecule has 0 fully saturated rings. The summed E-state index contributed by atoms with van der Waals surface area (Å²) in [5.74, 6) is -0.542. The molecule has 0 saturated heterocycles. The number of ketones is 1. The molecule has 0 saturated carbocycles. The minimum atomic E-state index is -0.542. The summed E-state index contributed by atoms with van der Waals surface area (Å²) in [6, 6.07) is 1.50. The van der Waals surface area contributed by atoms with E-state index in [4.69, 9.17) is 0 Å². The zero-order valence-corrected chi connectivity index (χ0v) is 5.44. The van der Waals surface area contributed by atoms with Crippen molar-refractivity contribution >= 4 is 12.1 Å². The van der Waals surface area contributed by atoms with Crippen LogP contribution >= 0.6 is 0 Å². The second kappa shape index (κ2) is 2.43. The molecule has 0 aromatic carbocycles. The predicted octanol–water partition coefficient (Wildman–Crippen LogP) is -0.198. The van der Waals surface area contributed by atoms with E-state index in [1.54, 1.807) is 7.05 Å². The minimum Gasteiger partial charge on any atom is -0.294 e. The summed E-state index contributed by atoms with van der Waals surface area (Å²) in [6.45, 7) is 0. The number of aldehydes is 1. The fraction of sp³-hybridized carbons (Fsp3) is 0.167. The van der Waals surface area contributed by atoms with Crippen molar-refractivity contribution in [3.63, 3.8) is 0 Å². The number of hydrogen-bond donors (Lipinski definition) is 0. The molecule has 0 bridgehead atoms. The third kappa shape index (κ3) is 0.953. The number of carbonyl (C=O) groups excluding carboxylic acids is 2. The summed E-state index contributed by atoms with van der Waals surface area (Å²) in [6.07, 6.45) is 1.74. The molecule has 0 N–H and O–H groups in total. The van der Waals surface area contributed by atoms with Crippen LogP contribution in [0.4, 0.5) is 0 Å². The zero-order valence-electron chi connectivity index (χ0n) is 5.44. The number of nitrogens with zero attached hydrogens (tertiary/aromatic N) is 2. The van der Waals surface area contributed by atoms with Crippen LogP contribution in [0.15, 0.2) is 12.3 Å². The van der Waals surface area contributed by atoms with Crippen LogP contribution in [0, 0.1) is 0 Å². The Morgan fingerprint density at radius 1 is 1.80 bits per heavy atom. The monoisotopic (exact) mass is 138 g/mol. The van der Waals surface area contributed by atoms with Gasteiger partial charge in [-0.1, -0.05) is 0 Å². The van der Waals surface area contributed by atoms with Crippen LogP contribution in [0.1, 0.15) is 10.5 Å². The number of hydrogen-bond acceptors (Lipinski definition) is 3. The molecule has 4 heteroatoms. The highest BCUT2D eigenvalue weighted by molar-refractivity contribution is 6.32. The van der Waals surface area contributed by atoms with E-state index in [1.165, 1.54) is 16.9 Å². The van der Waals surface area contributed by atoms with E-state index < -0.39 is 5.78 Å². The first-order valence-electron chi connectivity index (χ1n) is 2.73. The van der Waals surface area contributed by atoms with Crippen molar-refractivity contribution in [2.75, 3.05) is 0 Å². The van der Waals surface area contributed by atoms with E-state index in [0.29, 0.717) is 5.69 Å². The summed E-state index contributed by atoms with van der Waals surface area (Å²) in [4.78, 5) is 20.6. The Morgan fingerprint density at radius 2 is 2.50 bits per heavy atom. The standard InChI is InChI=1S/C6H6N2O2/c1-8-5(2-3-7-8)6(10)4-9/h2-4H,1H3. The van der Waals surface area contributed by atoms with Gasteiger partial charge in [-0.3, -0.25) is 14.3 Å². The largest absolute Gasteiger partial charge is 0.294 e. The number of aryl methyl sites for hydroxylation is 1. The van der Waals surface area contributed by atoms with Crippen molar-refractivity contribution in [3.05, 3.63) is 18.0 Å². The van der Waals surface area contributed by atoms with Crippen LogP contribution in [0.5, 0.6) is 0 Å². The van der Waals surface area contributed by atoms with Crippen LogP contribution < -0.4 is 0 Å². The Morgan fingerprint density at radius 3 is 2.90 bits per heavy atom. The molecule has 1 heterocycles. The third-order valence-electron chi connectivity index (χ3n) is 1.18. The molecule has 0 spiro atoms. The maximum absolute atomic E-state index is 10.7. The molecule has 4 nitrogen and oxygen atoms in total. The first-order valence-corrected chi connectivity index (χ1v) is 2.73. The molecule has 0 aliphatic rings. The van der Waals surface area contributed by atoms with Crippen molar-refractivity contribution in [1.29, 1.82) is 0 Å². The van der Waals surface area contributed by atoms with Crippen molar-refractivity contribution in [2.24, 2.45) is 7.05 Å². The van der Waals surface area contributed by atoms with Crippen LogP contribution in [-0.2, 0) is 11.8 Å². The van der Waals surface area contributed by atoms with E-state index >= 15 is 0 Å². The average molecular weight is 138 g/mol. The lowest BCUT2D eigenvalue weighted by atomic mass is 10.3. The lowest BCUT2D eigenvalue weighted by Gasteiger charge is -1.91. The lowest BCUT2D eigenvalue weighted by Crippen LogP contribution is -2.07. The Balaban J connectivity index is 3.04. The Labute approximate surface area is 57.5 Å². The molecule has 52 valence electrons. The molecule has 10 heavy (non-hydrogen) atoms. The second-order valence-electron chi connectivity index (χ2n) is 1.82. The first-order chi connectivity index (χ1) is 4.75. The topological polar surface area (TPSA) is 52.0 Å². The SMILES string of the molecule is Cn1nccc1C(=O)C=O. The maximum Gasteiger partial charge on any atom is 0.243 e. The van der Waals surface area contributed by atoms with E-state index in [9.17, 15) is 9.59 Å². The Hall–Kier alpha value is -1.45. The maximum atomic E-state index is 10.7. The molecule has 1 aromatic rings.